The fraction of sp³-hybridized carbons (Fsp3) is 0.250. The van der Waals surface area contributed by atoms with Crippen LogP contribution in [0, 0.1) is 0 Å². The summed E-state index contributed by atoms with van der Waals surface area (Å²) >= 11 is 1.28. The lowest BCUT2D eigenvalue weighted by Crippen LogP contribution is -2.33. The Morgan fingerprint density at radius 3 is 2.53 bits per heavy atom. The van der Waals surface area contributed by atoms with Crippen LogP contribution in [-0.2, 0) is 16.1 Å². The third kappa shape index (κ3) is 5.86. The van der Waals surface area contributed by atoms with Gasteiger partial charge in [0.15, 0.2) is 16.7 Å². The minimum absolute atomic E-state index is 0.00939. The summed E-state index contributed by atoms with van der Waals surface area (Å²) in [6, 6.07) is 20.0. The van der Waals surface area contributed by atoms with Crippen molar-refractivity contribution in [1.82, 2.24) is 4.90 Å². The number of benzene rings is 3. The van der Waals surface area contributed by atoms with E-state index >= 15 is 0 Å². The molecule has 0 bridgehead atoms. The van der Waals surface area contributed by atoms with Crippen molar-refractivity contribution >= 4 is 40.1 Å². The zero-order valence-electron chi connectivity index (χ0n) is 21.0. The molecular formula is C28H27N3O6S. The van der Waals surface area contributed by atoms with Gasteiger partial charge < -0.3 is 24.3 Å². The molecule has 1 fully saturated rings. The van der Waals surface area contributed by atoms with Gasteiger partial charge in [-0.3, -0.25) is 14.5 Å². The van der Waals surface area contributed by atoms with Crippen LogP contribution in [0.25, 0.3) is 0 Å². The maximum Gasteiger partial charge on any atom is 0.242 e. The number of nitrogens with one attached hydrogen (secondary N) is 1. The Morgan fingerprint density at radius 2 is 1.79 bits per heavy atom. The van der Waals surface area contributed by atoms with Gasteiger partial charge >= 0.3 is 0 Å². The number of rotatable bonds is 9. The van der Waals surface area contributed by atoms with Gasteiger partial charge in [0.05, 0.1) is 25.9 Å². The first-order valence-electron chi connectivity index (χ1n) is 12.1. The topological polar surface area (TPSA) is 98.7 Å². The number of ether oxygens (including phenoxy) is 4. The molecule has 9 nitrogen and oxygen atoms in total. The van der Waals surface area contributed by atoms with Crippen LogP contribution in [0.4, 0.5) is 11.4 Å². The first-order chi connectivity index (χ1) is 18.5. The van der Waals surface area contributed by atoms with Crippen LogP contribution in [0.2, 0.25) is 0 Å². The molecule has 0 aromatic heterocycles. The van der Waals surface area contributed by atoms with E-state index in [2.05, 4.69) is 5.32 Å². The number of thioether (sulfide) groups is 1. The average Bonchev–Trinajstić information content (AvgIpc) is 3.50. The number of carbonyl (C=O) groups is 2. The minimum atomic E-state index is -0.608. The molecule has 2 aliphatic rings. The van der Waals surface area contributed by atoms with Crippen LogP contribution >= 0.6 is 11.8 Å². The van der Waals surface area contributed by atoms with Crippen LogP contribution < -0.4 is 24.3 Å². The number of fused-ring (bicyclic) bond motifs is 1. The minimum Gasteiger partial charge on any atom is -0.497 e. The van der Waals surface area contributed by atoms with Gasteiger partial charge in [-0.15, -0.1) is 0 Å². The van der Waals surface area contributed by atoms with E-state index in [4.69, 9.17) is 23.9 Å². The number of hydrogen-bond acceptors (Lipinski definition) is 8. The van der Waals surface area contributed by atoms with Crippen molar-refractivity contribution in [2.45, 2.75) is 25.1 Å². The third-order valence-corrected chi connectivity index (χ3v) is 7.09. The molecule has 3 aromatic carbocycles. The molecule has 0 unspecified atom stereocenters. The summed E-state index contributed by atoms with van der Waals surface area (Å²) in [5, 5.41) is 2.77. The van der Waals surface area contributed by atoms with Crippen LogP contribution in [-0.4, -0.2) is 47.6 Å². The van der Waals surface area contributed by atoms with E-state index in [0.717, 1.165) is 11.3 Å². The number of nitrogens with zero attached hydrogens (tertiary/aromatic N) is 2. The van der Waals surface area contributed by atoms with Gasteiger partial charge in [0.25, 0.3) is 0 Å². The summed E-state index contributed by atoms with van der Waals surface area (Å²) < 4.78 is 21.6. The van der Waals surface area contributed by atoms with Crippen molar-refractivity contribution in [3.05, 3.63) is 72.3 Å². The Bertz CT molecular complexity index is 1340. The molecule has 0 saturated carbocycles. The molecule has 1 atom stereocenters. The van der Waals surface area contributed by atoms with E-state index in [1.807, 2.05) is 49.4 Å². The smallest absolute Gasteiger partial charge is 0.242 e. The molecule has 3 aromatic rings. The van der Waals surface area contributed by atoms with Crippen molar-refractivity contribution in [1.29, 1.82) is 0 Å². The average molecular weight is 534 g/mol. The highest BCUT2D eigenvalue weighted by atomic mass is 32.2. The zero-order chi connectivity index (χ0) is 26.5. The summed E-state index contributed by atoms with van der Waals surface area (Å²) in [5.41, 5.74) is 2.18. The van der Waals surface area contributed by atoms with Crippen LogP contribution in [0.15, 0.2) is 71.7 Å². The fourth-order valence-corrected chi connectivity index (χ4v) is 5.20. The van der Waals surface area contributed by atoms with Gasteiger partial charge in [-0.1, -0.05) is 17.8 Å². The molecule has 0 radical (unpaired) electrons. The molecule has 38 heavy (non-hydrogen) atoms. The summed E-state index contributed by atoms with van der Waals surface area (Å²) in [6.45, 7) is 2.96. The first kappa shape index (κ1) is 25.5. The molecule has 2 amide bonds. The molecule has 10 heteroatoms. The van der Waals surface area contributed by atoms with E-state index in [-0.39, 0.29) is 31.6 Å². The van der Waals surface area contributed by atoms with Crippen LogP contribution in [0.5, 0.6) is 23.0 Å². The van der Waals surface area contributed by atoms with E-state index in [1.165, 1.54) is 11.8 Å². The van der Waals surface area contributed by atoms with Crippen LogP contribution in [0.1, 0.15) is 18.9 Å². The highest BCUT2D eigenvalue weighted by Gasteiger charge is 2.39. The molecule has 196 valence electrons. The maximum absolute atomic E-state index is 13.5. The molecule has 0 aliphatic carbocycles. The second-order valence-corrected chi connectivity index (χ2v) is 9.69. The van der Waals surface area contributed by atoms with Crippen LogP contribution in [0.3, 0.4) is 0 Å². The second kappa shape index (κ2) is 11.5. The van der Waals surface area contributed by atoms with Crippen molar-refractivity contribution < 1.29 is 28.5 Å². The predicted octanol–water partition coefficient (Wildman–Crippen LogP) is 4.98. The largest absolute Gasteiger partial charge is 0.497 e. The normalized spacial score (nSPS) is 17.1. The number of aliphatic imine (C=N–C) groups is 1. The molecule has 2 aliphatic heterocycles. The molecule has 1 N–H and O–H groups in total. The van der Waals surface area contributed by atoms with Gasteiger partial charge in [0, 0.05) is 12.1 Å². The van der Waals surface area contributed by atoms with Crippen molar-refractivity contribution in [2.24, 2.45) is 4.99 Å². The highest BCUT2D eigenvalue weighted by Crippen LogP contribution is 2.36. The van der Waals surface area contributed by atoms with Gasteiger partial charge in [-0.25, -0.2) is 4.99 Å². The lowest BCUT2D eigenvalue weighted by molar-refractivity contribution is -0.128. The standard InChI is InChI=1S/C28H27N3O6S/c1-3-35-22-11-7-20(8-12-22)30-28-31(16-18-4-13-23-24(14-18)37-17-36-23)27(33)25(38-28)15-26(32)29-19-5-9-21(34-2)10-6-19/h4-14,25H,3,15-17H2,1-2H3,(H,29,32)/t25-/m0/s1. The molecule has 5 rings (SSSR count). The Hall–Kier alpha value is -4.18. The Labute approximate surface area is 224 Å². The first-order valence-corrected chi connectivity index (χ1v) is 13.0. The summed E-state index contributed by atoms with van der Waals surface area (Å²) in [5.74, 6) is 2.32. The quantitative estimate of drug-likeness (QED) is 0.414. The van der Waals surface area contributed by atoms with E-state index < -0.39 is 5.25 Å². The van der Waals surface area contributed by atoms with Gasteiger partial charge in [-0.2, -0.15) is 0 Å². The zero-order valence-corrected chi connectivity index (χ0v) is 21.8. The van der Waals surface area contributed by atoms with E-state index in [0.29, 0.717) is 40.4 Å². The molecule has 1 saturated heterocycles. The highest BCUT2D eigenvalue weighted by molar-refractivity contribution is 8.15. The third-order valence-electron chi connectivity index (χ3n) is 5.91. The molecule has 2 heterocycles. The number of anilines is 1. The van der Waals surface area contributed by atoms with Crippen molar-refractivity contribution in [2.75, 3.05) is 25.8 Å². The van der Waals surface area contributed by atoms with E-state index in [9.17, 15) is 9.59 Å². The Balaban J connectivity index is 1.35. The lowest BCUT2D eigenvalue weighted by atomic mass is 10.1. The SMILES string of the molecule is CCOc1ccc(N=C2S[C@@H](CC(=O)Nc3ccc(OC)cc3)C(=O)N2Cc2ccc3c(c2)OCO3)cc1. The summed E-state index contributed by atoms with van der Waals surface area (Å²) in [7, 11) is 1.58. The predicted molar refractivity (Wildman–Crippen MR) is 145 cm³/mol. The Morgan fingerprint density at radius 1 is 1.05 bits per heavy atom. The molecule has 0 spiro atoms. The van der Waals surface area contributed by atoms with Gasteiger partial charge in [-0.05, 0) is 73.2 Å². The number of carbonyl (C=O) groups excluding carboxylic acids is 2. The van der Waals surface area contributed by atoms with Gasteiger partial charge in [0.2, 0.25) is 18.6 Å². The lowest BCUT2D eigenvalue weighted by Gasteiger charge is -2.17. The summed E-state index contributed by atoms with van der Waals surface area (Å²) in [4.78, 5) is 32.7. The monoisotopic (exact) mass is 533 g/mol. The molecular weight excluding hydrogens is 506 g/mol. The second-order valence-electron chi connectivity index (χ2n) is 8.52. The van der Waals surface area contributed by atoms with E-state index in [1.54, 1.807) is 36.3 Å². The summed E-state index contributed by atoms with van der Waals surface area (Å²) in [6.07, 6.45) is 0.00939. The van der Waals surface area contributed by atoms with Crippen molar-refractivity contribution in [3.63, 3.8) is 0 Å². The number of amidine groups is 1. The van der Waals surface area contributed by atoms with Crippen molar-refractivity contribution in [3.8, 4) is 23.0 Å². The Kier molecular flexibility index (Phi) is 7.69. The fourth-order valence-electron chi connectivity index (χ4n) is 4.04. The maximum atomic E-state index is 13.5. The number of hydrogen-bond donors (Lipinski definition) is 1. The number of amides is 2. The number of methoxy groups -OCH3 is 1. The van der Waals surface area contributed by atoms with Gasteiger partial charge in [0.1, 0.15) is 16.7 Å².